The molecule has 3 N–H and O–H groups in total. The average Bonchev–Trinajstić information content (AvgIpc) is 2.95. The molecule has 0 atom stereocenters. The van der Waals surface area contributed by atoms with Gasteiger partial charge in [-0.05, 0) is 11.4 Å². The van der Waals surface area contributed by atoms with Gasteiger partial charge in [0.15, 0.2) is 5.84 Å². The minimum atomic E-state index is -0.603. The molecule has 0 saturated heterocycles. The first kappa shape index (κ1) is 10.4. The van der Waals surface area contributed by atoms with Crippen LogP contribution in [0.3, 0.4) is 0 Å². The molecule has 0 aliphatic carbocycles. The smallest absolute Gasteiger partial charge is 0.368 e. The van der Waals surface area contributed by atoms with Gasteiger partial charge in [0.25, 0.3) is 0 Å². The highest BCUT2D eigenvalue weighted by Gasteiger charge is 2.08. The Hall–Kier alpha value is -2.15. The summed E-state index contributed by atoms with van der Waals surface area (Å²) in [6.07, 6.45) is 2.76. The molecule has 0 amide bonds. The van der Waals surface area contributed by atoms with E-state index in [1.165, 1.54) is 23.7 Å². The second-order valence-electron chi connectivity index (χ2n) is 2.82. The molecule has 0 unspecified atom stereocenters. The summed E-state index contributed by atoms with van der Waals surface area (Å²) in [5.74, 6) is -0.430. The lowest BCUT2D eigenvalue weighted by atomic mass is 10.4. The number of oxime groups is 1. The van der Waals surface area contributed by atoms with Crippen molar-refractivity contribution < 1.29 is 9.63 Å². The van der Waals surface area contributed by atoms with Gasteiger partial charge in [-0.1, -0.05) is 11.2 Å². The number of thiophene rings is 1. The van der Waals surface area contributed by atoms with Gasteiger partial charge in [0.05, 0.1) is 16.6 Å². The van der Waals surface area contributed by atoms with Gasteiger partial charge in [0.1, 0.15) is 0 Å². The first-order valence-electron chi connectivity index (χ1n) is 4.35. The van der Waals surface area contributed by atoms with Crippen molar-refractivity contribution in [2.24, 2.45) is 10.9 Å². The molecular weight excluding hydrogens is 228 g/mol. The van der Waals surface area contributed by atoms with Gasteiger partial charge in [0, 0.05) is 6.20 Å². The maximum absolute atomic E-state index is 11.3. The fourth-order valence-corrected chi connectivity index (χ4v) is 1.59. The van der Waals surface area contributed by atoms with Crippen LogP contribution in [0.25, 0.3) is 0 Å². The van der Waals surface area contributed by atoms with E-state index in [4.69, 9.17) is 5.73 Å². The topological polar surface area (TPSA) is 93.4 Å². The van der Waals surface area contributed by atoms with Gasteiger partial charge in [-0.25, -0.2) is 4.79 Å². The molecule has 2 aromatic rings. The standard InChI is InChI=1S/C9H8N4O2S/c10-8(7-2-1-3-16-7)13-15-9(14)6-4-11-12-5-6/h1-5H,(H2,10,13)(H,11,12). The number of aromatic amines is 1. The van der Waals surface area contributed by atoms with Crippen LogP contribution in [0, 0.1) is 0 Å². The molecule has 0 spiro atoms. The zero-order valence-corrected chi connectivity index (χ0v) is 8.90. The minimum absolute atomic E-state index is 0.173. The quantitative estimate of drug-likeness (QED) is 0.359. The molecule has 7 heteroatoms. The van der Waals surface area contributed by atoms with E-state index in [0.717, 1.165) is 4.88 Å². The minimum Gasteiger partial charge on any atom is -0.380 e. The monoisotopic (exact) mass is 236 g/mol. The number of amidine groups is 1. The van der Waals surface area contributed by atoms with Crippen LogP contribution in [0.1, 0.15) is 15.2 Å². The molecule has 82 valence electrons. The average molecular weight is 236 g/mol. The van der Waals surface area contributed by atoms with Gasteiger partial charge in [-0.15, -0.1) is 11.3 Å². The van der Waals surface area contributed by atoms with Crippen molar-refractivity contribution in [2.75, 3.05) is 0 Å². The maximum Gasteiger partial charge on any atom is 0.368 e. The van der Waals surface area contributed by atoms with Crippen LogP contribution < -0.4 is 5.73 Å². The summed E-state index contributed by atoms with van der Waals surface area (Å²) in [6.45, 7) is 0. The predicted octanol–water partition coefficient (Wildman–Crippen LogP) is 0.948. The van der Waals surface area contributed by atoms with Crippen LogP contribution in [0.15, 0.2) is 35.1 Å². The fraction of sp³-hybridized carbons (Fsp3) is 0. The number of carbonyl (C=O) groups is 1. The lowest BCUT2D eigenvalue weighted by Crippen LogP contribution is -2.13. The highest BCUT2D eigenvalue weighted by atomic mass is 32.1. The Morgan fingerprint density at radius 3 is 3.12 bits per heavy atom. The van der Waals surface area contributed by atoms with Gasteiger partial charge in [-0.2, -0.15) is 5.10 Å². The molecule has 2 aromatic heterocycles. The molecule has 0 fully saturated rings. The van der Waals surface area contributed by atoms with E-state index in [0.29, 0.717) is 5.56 Å². The van der Waals surface area contributed by atoms with Crippen LogP contribution in [-0.2, 0) is 4.84 Å². The number of nitrogens with zero attached hydrogens (tertiary/aromatic N) is 2. The first-order valence-corrected chi connectivity index (χ1v) is 5.23. The van der Waals surface area contributed by atoms with Crippen molar-refractivity contribution in [2.45, 2.75) is 0 Å². The molecule has 0 aliphatic rings. The van der Waals surface area contributed by atoms with Crippen molar-refractivity contribution in [3.05, 3.63) is 40.3 Å². The third kappa shape index (κ3) is 2.26. The van der Waals surface area contributed by atoms with E-state index in [9.17, 15) is 4.79 Å². The zero-order valence-electron chi connectivity index (χ0n) is 8.08. The second kappa shape index (κ2) is 4.58. The Morgan fingerprint density at radius 2 is 2.50 bits per heavy atom. The van der Waals surface area contributed by atoms with Crippen LogP contribution in [0.5, 0.6) is 0 Å². The fourth-order valence-electron chi connectivity index (χ4n) is 0.975. The zero-order chi connectivity index (χ0) is 11.4. The molecule has 0 radical (unpaired) electrons. The van der Waals surface area contributed by atoms with E-state index in [-0.39, 0.29) is 5.84 Å². The Labute approximate surface area is 94.7 Å². The molecule has 0 bridgehead atoms. The number of rotatable bonds is 3. The summed E-state index contributed by atoms with van der Waals surface area (Å²) in [4.78, 5) is 16.7. The molecule has 16 heavy (non-hydrogen) atoms. The SMILES string of the molecule is N/C(=N\OC(=O)c1cn[nH]c1)c1cccs1. The Bertz CT molecular complexity index is 490. The normalized spacial score (nSPS) is 11.4. The lowest BCUT2D eigenvalue weighted by Gasteiger charge is -1.96. The van der Waals surface area contributed by atoms with Crippen molar-refractivity contribution in [3.63, 3.8) is 0 Å². The predicted molar refractivity (Wildman–Crippen MR) is 59.0 cm³/mol. The number of nitrogens with two attached hydrogens (primary N) is 1. The molecule has 6 nitrogen and oxygen atoms in total. The van der Waals surface area contributed by atoms with Crippen LogP contribution in [-0.4, -0.2) is 22.0 Å². The lowest BCUT2D eigenvalue weighted by molar-refractivity contribution is 0.0516. The number of hydrogen-bond acceptors (Lipinski definition) is 5. The highest BCUT2D eigenvalue weighted by Crippen LogP contribution is 2.08. The molecular formula is C9H8N4O2S. The van der Waals surface area contributed by atoms with E-state index in [1.54, 1.807) is 6.07 Å². The number of nitrogens with one attached hydrogen (secondary N) is 1. The molecule has 0 saturated carbocycles. The molecule has 2 heterocycles. The van der Waals surface area contributed by atoms with Crippen molar-refractivity contribution in [1.82, 2.24) is 10.2 Å². The molecule has 2 rings (SSSR count). The van der Waals surface area contributed by atoms with E-state index in [2.05, 4.69) is 20.2 Å². The highest BCUT2D eigenvalue weighted by molar-refractivity contribution is 7.12. The van der Waals surface area contributed by atoms with Gasteiger partial charge in [0.2, 0.25) is 0 Å². The van der Waals surface area contributed by atoms with Crippen LogP contribution in [0.2, 0.25) is 0 Å². The molecule has 0 aromatic carbocycles. The van der Waals surface area contributed by atoms with Crippen molar-refractivity contribution in [3.8, 4) is 0 Å². The van der Waals surface area contributed by atoms with Crippen LogP contribution in [0.4, 0.5) is 0 Å². The van der Waals surface area contributed by atoms with E-state index in [1.807, 2.05) is 11.4 Å². The number of H-pyrrole nitrogens is 1. The van der Waals surface area contributed by atoms with E-state index < -0.39 is 5.97 Å². The third-order valence-corrected chi connectivity index (χ3v) is 2.63. The maximum atomic E-state index is 11.3. The van der Waals surface area contributed by atoms with Crippen molar-refractivity contribution >= 4 is 23.1 Å². The van der Waals surface area contributed by atoms with Gasteiger partial charge >= 0.3 is 5.97 Å². The summed E-state index contributed by atoms with van der Waals surface area (Å²) in [5.41, 5.74) is 5.90. The van der Waals surface area contributed by atoms with Gasteiger partial charge in [-0.3, -0.25) is 5.10 Å². The Morgan fingerprint density at radius 1 is 1.62 bits per heavy atom. The summed E-state index contributed by atoms with van der Waals surface area (Å²) < 4.78 is 0. The van der Waals surface area contributed by atoms with Crippen molar-refractivity contribution in [1.29, 1.82) is 0 Å². The van der Waals surface area contributed by atoms with Gasteiger partial charge < -0.3 is 10.6 Å². The Balaban J connectivity index is 2.02. The third-order valence-electron chi connectivity index (χ3n) is 1.73. The Kier molecular flexibility index (Phi) is 2.97. The number of hydrogen-bond donors (Lipinski definition) is 2. The number of aromatic nitrogens is 2. The summed E-state index contributed by atoms with van der Waals surface area (Å²) in [5, 5.41) is 11.5. The molecule has 0 aliphatic heterocycles. The largest absolute Gasteiger partial charge is 0.380 e. The summed E-state index contributed by atoms with van der Waals surface area (Å²) in [6, 6.07) is 3.62. The second-order valence-corrected chi connectivity index (χ2v) is 3.77. The first-order chi connectivity index (χ1) is 7.77. The summed E-state index contributed by atoms with van der Waals surface area (Å²) >= 11 is 1.41. The number of carbonyl (C=O) groups excluding carboxylic acids is 1. The summed E-state index contributed by atoms with van der Waals surface area (Å²) in [7, 11) is 0. The van der Waals surface area contributed by atoms with Crippen LogP contribution >= 0.6 is 11.3 Å². The van der Waals surface area contributed by atoms with E-state index >= 15 is 0 Å².